The van der Waals surface area contributed by atoms with Crippen LogP contribution in [0.25, 0.3) is 0 Å². The molecule has 1 aromatic rings. The van der Waals surface area contributed by atoms with Gasteiger partial charge in [-0.2, -0.15) is 0 Å². The van der Waals surface area contributed by atoms with Gasteiger partial charge in [0.05, 0.1) is 5.56 Å². The average Bonchev–Trinajstić information content (AvgIpc) is 2.26. The highest BCUT2D eigenvalue weighted by atomic mass is 19.1. The molecule has 0 saturated heterocycles. The van der Waals surface area contributed by atoms with Gasteiger partial charge in [0, 0.05) is 6.07 Å². The van der Waals surface area contributed by atoms with E-state index in [-0.39, 0.29) is 17.9 Å². The first-order valence-electron chi connectivity index (χ1n) is 5.83. The van der Waals surface area contributed by atoms with Crippen molar-refractivity contribution in [3.8, 4) is 5.75 Å². The number of nitrogens with one attached hydrogen (secondary N) is 1. The molecule has 0 aromatic heterocycles. The number of rotatable bonds is 5. The number of carbonyl (C=O) groups is 2. The molecule has 1 amide bonds. The Kier molecular flexibility index (Phi) is 4.86. The first-order chi connectivity index (χ1) is 8.81. The van der Waals surface area contributed by atoms with E-state index < -0.39 is 29.5 Å². The van der Waals surface area contributed by atoms with Gasteiger partial charge in [-0.25, -0.2) is 9.18 Å². The lowest BCUT2D eigenvalue weighted by atomic mass is 10.0. The minimum Gasteiger partial charge on any atom is -0.507 e. The van der Waals surface area contributed by atoms with E-state index in [9.17, 15) is 19.1 Å². The van der Waals surface area contributed by atoms with Crippen LogP contribution in [-0.4, -0.2) is 28.1 Å². The molecule has 0 radical (unpaired) electrons. The summed E-state index contributed by atoms with van der Waals surface area (Å²) in [7, 11) is 0. The van der Waals surface area contributed by atoms with Gasteiger partial charge < -0.3 is 15.5 Å². The Labute approximate surface area is 110 Å². The molecule has 0 unspecified atom stereocenters. The zero-order valence-corrected chi connectivity index (χ0v) is 10.7. The van der Waals surface area contributed by atoms with E-state index in [1.807, 2.05) is 13.8 Å². The number of phenols is 1. The molecule has 0 bridgehead atoms. The third-order valence-corrected chi connectivity index (χ3v) is 2.51. The van der Waals surface area contributed by atoms with Crippen LogP contribution in [0.4, 0.5) is 4.39 Å². The minimum absolute atomic E-state index is 0.0863. The molecular weight excluding hydrogens is 253 g/mol. The molecule has 0 heterocycles. The molecule has 1 atom stereocenters. The summed E-state index contributed by atoms with van der Waals surface area (Å²) in [5.41, 5.74) is -0.156. The van der Waals surface area contributed by atoms with Crippen molar-refractivity contribution in [2.24, 2.45) is 5.92 Å². The van der Waals surface area contributed by atoms with Crippen LogP contribution in [0.15, 0.2) is 18.2 Å². The summed E-state index contributed by atoms with van der Waals surface area (Å²) in [6.07, 6.45) is 0.267. The number of carbonyl (C=O) groups excluding carboxylic acids is 1. The zero-order valence-electron chi connectivity index (χ0n) is 10.7. The van der Waals surface area contributed by atoms with Gasteiger partial charge in [-0.05, 0) is 24.5 Å². The Morgan fingerprint density at radius 3 is 2.47 bits per heavy atom. The summed E-state index contributed by atoms with van der Waals surface area (Å²) in [6, 6.07) is 1.88. The molecule has 0 spiro atoms. The zero-order chi connectivity index (χ0) is 14.6. The van der Waals surface area contributed by atoms with Crippen molar-refractivity contribution >= 4 is 11.9 Å². The van der Waals surface area contributed by atoms with E-state index in [1.54, 1.807) is 0 Å². The van der Waals surface area contributed by atoms with Gasteiger partial charge in [-0.15, -0.1) is 0 Å². The van der Waals surface area contributed by atoms with Crippen molar-refractivity contribution < 1.29 is 24.2 Å². The highest BCUT2D eigenvalue weighted by molar-refractivity contribution is 5.98. The Bertz CT molecular complexity index is 488. The van der Waals surface area contributed by atoms with Crippen LogP contribution in [0.2, 0.25) is 0 Å². The van der Waals surface area contributed by atoms with Crippen molar-refractivity contribution in [3.05, 3.63) is 29.6 Å². The number of aromatic hydroxyl groups is 1. The number of phenolic OH excluding ortho intramolecular Hbond substituents is 1. The van der Waals surface area contributed by atoms with E-state index in [0.717, 1.165) is 18.2 Å². The van der Waals surface area contributed by atoms with Crippen LogP contribution < -0.4 is 5.32 Å². The normalized spacial score (nSPS) is 12.2. The predicted octanol–water partition coefficient (Wildman–Crippen LogP) is 1.76. The minimum atomic E-state index is -1.15. The largest absolute Gasteiger partial charge is 0.507 e. The first kappa shape index (κ1) is 14.9. The quantitative estimate of drug-likeness (QED) is 0.760. The van der Waals surface area contributed by atoms with Crippen molar-refractivity contribution in [3.63, 3.8) is 0 Å². The van der Waals surface area contributed by atoms with Gasteiger partial charge in [0.15, 0.2) is 0 Å². The van der Waals surface area contributed by atoms with E-state index >= 15 is 0 Å². The maximum atomic E-state index is 12.8. The third kappa shape index (κ3) is 4.24. The highest BCUT2D eigenvalue weighted by Crippen LogP contribution is 2.18. The summed E-state index contributed by atoms with van der Waals surface area (Å²) in [4.78, 5) is 22.8. The van der Waals surface area contributed by atoms with E-state index in [2.05, 4.69) is 5.32 Å². The average molecular weight is 269 g/mol. The molecule has 0 aliphatic rings. The van der Waals surface area contributed by atoms with Gasteiger partial charge in [0.25, 0.3) is 5.91 Å². The summed E-state index contributed by atoms with van der Waals surface area (Å²) >= 11 is 0. The van der Waals surface area contributed by atoms with Crippen LogP contribution in [0.3, 0.4) is 0 Å². The molecule has 1 aromatic carbocycles. The second-order valence-electron chi connectivity index (χ2n) is 4.66. The number of amides is 1. The Balaban J connectivity index is 2.84. The molecule has 1 rings (SSSR count). The van der Waals surface area contributed by atoms with Crippen LogP contribution in [0.5, 0.6) is 5.75 Å². The van der Waals surface area contributed by atoms with E-state index in [1.165, 1.54) is 0 Å². The van der Waals surface area contributed by atoms with Gasteiger partial charge in [0.1, 0.15) is 17.6 Å². The Morgan fingerprint density at radius 1 is 1.37 bits per heavy atom. The lowest BCUT2D eigenvalue weighted by Crippen LogP contribution is -2.41. The smallest absolute Gasteiger partial charge is 0.326 e. The first-order valence-corrected chi connectivity index (χ1v) is 5.83. The van der Waals surface area contributed by atoms with Crippen molar-refractivity contribution in [1.29, 1.82) is 0 Å². The molecule has 104 valence electrons. The fourth-order valence-electron chi connectivity index (χ4n) is 1.63. The molecule has 0 saturated carbocycles. The molecule has 0 aliphatic carbocycles. The second-order valence-corrected chi connectivity index (χ2v) is 4.66. The molecular formula is C13H16FNO4. The predicted molar refractivity (Wildman–Crippen MR) is 66.4 cm³/mol. The summed E-state index contributed by atoms with van der Waals surface area (Å²) < 4.78 is 12.8. The second kappa shape index (κ2) is 6.17. The number of carboxylic acid groups (broad SMARTS) is 1. The van der Waals surface area contributed by atoms with Crippen LogP contribution >= 0.6 is 0 Å². The summed E-state index contributed by atoms with van der Waals surface area (Å²) in [6.45, 7) is 3.66. The summed E-state index contributed by atoms with van der Waals surface area (Å²) in [5.74, 6) is -3.00. The topological polar surface area (TPSA) is 86.6 Å². The third-order valence-electron chi connectivity index (χ3n) is 2.51. The monoisotopic (exact) mass is 269 g/mol. The van der Waals surface area contributed by atoms with Crippen LogP contribution in [-0.2, 0) is 4.79 Å². The van der Waals surface area contributed by atoms with Crippen molar-refractivity contribution in [2.45, 2.75) is 26.3 Å². The fraction of sp³-hybridized carbons (Fsp3) is 0.385. The van der Waals surface area contributed by atoms with Gasteiger partial charge in [-0.1, -0.05) is 13.8 Å². The molecule has 3 N–H and O–H groups in total. The SMILES string of the molecule is CC(C)C[C@H](NC(=O)c1ccc(F)cc1O)C(=O)O. The highest BCUT2D eigenvalue weighted by Gasteiger charge is 2.23. The Hall–Kier alpha value is -2.11. The molecule has 0 fully saturated rings. The summed E-state index contributed by atoms with van der Waals surface area (Å²) in [5, 5.41) is 20.7. The molecule has 0 aliphatic heterocycles. The maximum Gasteiger partial charge on any atom is 0.326 e. The fourth-order valence-corrected chi connectivity index (χ4v) is 1.63. The Morgan fingerprint density at radius 2 is 2.00 bits per heavy atom. The van der Waals surface area contributed by atoms with Crippen LogP contribution in [0.1, 0.15) is 30.6 Å². The van der Waals surface area contributed by atoms with Crippen molar-refractivity contribution in [2.75, 3.05) is 0 Å². The van der Waals surface area contributed by atoms with Crippen molar-refractivity contribution in [1.82, 2.24) is 5.32 Å². The van der Waals surface area contributed by atoms with Crippen LogP contribution in [0, 0.1) is 11.7 Å². The van der Waals surface area contributed by atoms with Gasteiger partial charge in [0.2, 0.25) is 0 Å². The number of carboxylic acids is 1. The lowest BCUT2D eigenvalue weighted by molar-refractivity contribution is -0.139. The number of benzene rings is 1. The maximum absolute atomic E-state index is 12.8. The number of aliphatic carboxylic acids is 1. The van der Waals surface area contributed by atoms with Gasteiger partial charge >= 0.3 is 5.97 Å². The number of hydrogen-bond donors (Lipinski definition) is 3. The molecule has 5 nitrogen and oxygen atoms in total. The van der Waals surface area contributed by atoms with E-state index in [0.29, 0.717) is 0 Å². The standard InChI is InChI=1S/C13H16FNO4/c1-7(2)5-10(13(18)19)15-12(17)9-4-3-8(14)6-11(9)16/h3-4,6-7,10,16H,5H2,1-2H3,(H,15,17)(H,18,19)/t10-/m0/s1. The van der Waals surface area contributed by atoms with E-state index in [4.69, 9.17) is 5.11 Å². The van der Waals surface area contributed by atoms with Gasteiger partial charge in [-0.3, -0.25) is 4.79 Å². The molecule has 19 heavy (non-hydrogen) atoms. The number of hydrogen-bond acceptors (Lipinski definition) is 3. The molecule has 6 heteroatoms. The lowest BCUT2D eigenvalue weighted by Gasteiger charge is -2.16. The number of halogens is 1.